The second-order valence-corrected chi connectivity index (χ2v) is 4.27. The van der Waals surface area contributed by atoms with Crippen LogP contribution in [-0.2, 0) is 0 Å². The Bertz CT molecular complexity index is 545. The summed E-state index contributed by atoms with van der Waals surface area (Å²) in [7, 11) is 0. The zero-order valence-corrected chi connectivity index (χ0v) is 9.54. The number of carbonyl (C=O) groups excluding carboxylic acids is 1. The molecule has 1 amide bonds. The maximum absolute atomic E-state index is 12.7. The number of carbonyl (C=O) groups is 1. The van der Waals surface area contributed by atoms with Crippen molar-refractivity contribution in [1.29, 1.82) is 0 Å². The zero-order chi connectivity index (χ0) is 12.5. The molecule has 0 saturated carbocycles. The summed E-state index contributed by atoms with van der Waals surface area (Å²) < 4.78 is 17.4. The molecule has 92 valence electrons. The van der Waals surface area contributed by atoms with Crippen LogP contribution in [0.3, 0.4) is 0 Å². The van der Waals surface area contributed by atoms with E-state index in [1.54, 1.807) is 30.3 Å². The van der Waals surface area contributed by atoms with Gasteiger partial charge in [0.15, 0.2) is 0 Å². The maximum atomic E-state index is 12.7. The number of rotatable bonds is 2. The SMILES string of the molecule is O=C(c1ccc(-c2ccon2)cc1)N1CC(F)C1. The van der Waals surface area contributed by atoms with Gasteiger partial charge in [-0.15, -0.1) is 0 Å². The third-order valence-corrected chi connectivity index (χ3v) is 2.99. The number of benzene rings is 1. The van der Waals surface area contributed by atoms with E-state index < -0.39 is 6.17 Å². The first-order chi connectivity index (χ1) is 8.74. The molecule has 1 aliphatic heterocycles. The Kier molecular flexibility index (Phi) is 2.59. The summed E-state index contributed by atoms with van der Waals surface area (Å²) in [5.74, 6) is -0.129. The average Bonchev–Trinajstić information content (AvgIpc) is 2.88. The van der Waals surface area contributed by atoms with Crippen LogP contribution in [-0.4, -0.2) is 35.2 Å². The topological polar surface area (TPSA) is 46.3 Å². The summed E-state index contributed by atoms with van der Waals surface area (Å²) >= 11 is 0. The molecular formula is C13H11FN2O2. The zero-order valence-electron chi connectivity index (χ0n) is 9.54. The maximum Gasteiger partial charge on any atom is 0.254 e. The van der Waals surface area contributed by atoms with E-state index in [-0.39, 0.29) is 19.0 Å². The predicted molar refractivity (Wildman–Crippen MR) is 62.7 cm³/mol. The average molecular weight is 246 g/mol. The highest BCUT2D eigenvalue weighted by atomic mass is 19.1. The van der Waals surface area contributed by atoms with E-state index >= 15 is 0 Å². The Morgan fingerprint density at radius 3 is 2.56 bits per heavy atom. The van der Waals surface area contributed by atoms with Gasteiger partial charge in [0.25, 0.3) is 5.91 Å². The second kappa shape index (κ2) is 4.25. The lowest BCUT2D eigenvalue weighted by Gasteiger charge is -2.34. The highest BCUT2D eigenvalue weighted by Gasteiger charge is 2.30. The summed E-state index contributed by atoms with van der Waals surface area (Å²) in [5, 5.41) is 3.81. The summed E-state index contributed by atoms with van der Waals surface area (Å²) in [6, 6.07) is 8.80. The predicted octanol–water partition coefficient (Wildman–Crippen LogP) is 2.14. The van der Waals surface area contributed by atoms with Gasteiger partial charge in [0.1, 0.15) is 18.1 Å². The van der Waals surface area contributed by atoms with E-state index in [0.29, 0.717) is 5.56 Å². The van der Waals surface area contributed by atoms with Gasteiger partial charge in [-0.1, -0.05) is 17.3 Å². The highest BCUT2D eigenvalue weighted by Crippen LogP contribution is 2.20. The van der Waals surface area contributed by atoms with Crippen molar-refractivity contribution in [3.05, 3.63) is 42.2 Å². The lowest BCUT2D eigenvalue weighted by atomic mass is 10.1. The standard InChI is InChI=1S/C13H11FN2O2/c14-11-7-16(8-11)13(17)10-3-1-9(2-4-10)12-5-6-18-15-12/h1-6,11H,7-8H2. The molecule has 5 heteroatoms. The van der Waals surface area contributed by atoms with Gasteiger partial charge < -0.3 is 9.42 Å². The van der Waals surface area contributed by atoms with Crippen molar-refractivity contribution in [2.45, 2.75) is 6.17 Å². The number of amides is 1. The minimum Gasteiger partial charge on any atom is -0.364 e. The summed E-state index contributed by atoms with van der Waals surface area (Å²) in [6.07, 6.45) is 0.624. The first kappa shape index (κ1) is 11.0. The molecule has 1 aromatic carbocycles. The van der Waals surface area contributed by atoms with Gasteiger partial charge >= 0.3 is 0 Å². The third-order valence-electron chi connectivity index (χ3n) is 2.99. The molecule has 1 saturated heterocycles. The van der Waals surface area contributed by atoms with Crippen LogP contribution in [0, 0.1) is 0 Å². The Morgan fingerprint density at radius 2 is 2.00 bits per heavy atom. The second-order valence-electron chi connectivity index (χ2n) is 4.27. The van der Waals surface area contributed by atoms with Crippen LogP contribution in [0.4, 0.5) is 4.39 Å². The van der Waals surface area contributed by atoms with Crippen molar-refractivity contribution in [2.75, 3.05) is 13.1 Å². The largest absolute Gasteiger partial charge is 0.364 e. The number of aromatic nitrogens is 1. The molecule has 0 N–H and O–H groups in total. The molecular weight excluding hydrogens is 235 g/mol. The van der Waals surface area contributed by atoms with Crippen LogP contribution < -0.4 is 0 Å². The smallest absolute Gasteiger partial charge is 0.254 e. The number of hydrogen-bond donors (Lipinski definition) is 0. The van der Waals surface area contributed by atoms with Gasteiger partial charge in [0.05, 0.1) is 13.1 Å². The molecule has 18 heavy (non-hydrogen) atoms. The van der Waals surface area contributed by atoms with E-state index in [4.69, 9.17) is 4.52 Å². The lowest BCUT2D eigenvalue weighted by molar-refractivity contribution is 0.0400. The minimum atomic E-state index is -0.872. The summed E-state index contributed by atoms with van der Waals surface area (Å²) in [6.45, 7) is 0.397. The molecule has 4 nitrogen and oxygen atoms in total. The summed E-state index contributed by atoms with van der Waals surface area (Å²) in [5.41, 5.74) is 2.17. The Balaban J connectivity index is 1.77. The fourth-order valence-corrected chi connectivity index (χ4v) is 1.92. The first-order valence-corrected chi connectivity index (χ1v) is 5.68. The van der Waals surface area contributed by atoms with Gasteiger partial charge in [-0.05, 0) is 12.1 Å². The normalized spacial score (nSPS) is 15.5. The van der Waals surface area contributed by atoms with Gasteiger partial charge in [-0.25, -0.2) is 4.39 Å². The van der Waals surface area contributed by atoms with Crippen LogP contribution in [0.15, 0.2) is 41.1 Å². The third kappa shape index (κ3) is 1.88. The molecule has 2 aromatic rings. The molecule has 1 fully saturated rings. The van der Waals surface area contributed by atoms with E-state index in [1.165, 1.54) is 11.2 Å². The number of halogens is 1. The monoisotopic (exact) mass is 246 g/mol. The van der Waals surface area contributed by atoms with Crippen LogP contribution in [0.2, 0.25) is 0 Å². The van der Waals surface area contributed by atoms with Gasteiger partial charge in [0, 0.05) is 17.2 Å². The number of nitrogens with zero attached hydrogens (tertiary/aromatic N) is 2. The van der Waals surface area contributed by atoms with Crippen molar-refractivity contribution in [3.63, 3.8) is 0 Å². The lowest BCUT2D eigenvalue weighted by Crippen LogP contribution is -2.51. The number of alkyl halides is 1. The molecule has 0 unspecified atom stereocenters. The van der Waals surface area contributed by atoms with Crippen molar-refractivity contribution in [3.8, 4) is 11.3 Å². The minimum absolute atomic E-state index is 0.129. The van der Waals surface area contributed by atoms with Crippen molar-refractivity contribution >= 4 is 5.91 Å². The molecule has 0 radical (unpaired) electrons. The van der Waals surface area contributed by atoms with Crippen LogP contribution in [0.5, 0.6) is 0 Å². The fourth-order valence-electron chi connectivity index (χ4n) is 1.92. The van der Waals surface area contributed by atoms with E-state index in [9.17, 15) is 9.18 Å². The Morgan fingerprint density at radius 1 is 1.28 bits per heavy atom. The number of likely N-dealkylation sites (tertiary alicyclic amines) is 1. The van der Waals surface area contributed by atoms with E-state index in [0.717, 1.165) is 11.3 Å². The molecule has 0 atom stereocenters. The van der Waals surface area contributed by atoms with Gasteiger partial charge in [-0.2, -0.15) is 0 Å². The first-order valence-electron chi connectivity index (χ1n) is 5.68. The van der Waals surface area contributed by atoms with Crippen LogP contribution >= 0.6 is 0 Å². The fraction of sp³-hybridized carbons (Fsp3) is 0.231. The summed E-state index contributed by atoms with van der Waals surface area (Å²) in [4.78, 5) is 13.4. The molecule has 0 aliphatic carbocycles. The van der Waals surface area contributed by atoms with E-state index in [1.807, 2.05) is 0 Å². The molecule has 1 aliphatic rings. The van der Waals surface area contributed by atoms with Crippen LogP contribution in [0.25, 0.3) is 11.3 Å². The van der Waals surface area contributed by atoms with Crippen molar-refractivity contribution in [2.24, 2.45) is 0 Å². The molecule has 0 spiro atoms. The molecule has 2 heterocycles. The van der Waals surface area contributed by atoms with Gasteiger partial charge in [0.2, 0.25) is 0 Å². The van der Waals surface area contributed by atoms with Gasteiger partial charge in [-0.3, -0.25) is 4.79 Å². The Labute approximate surface area is 103 Å². The quantitative estimate of drug-likeness (QED) is 0.815. The van der Waals surface area contributed by atoms with Crippen LogP contribution in [0.1, 0.15) is 10.4 Å². The van der Waals surface area contributed by atoms with E-state index in [2.05, 4.69) is 5.16 Å². The highest BCUT2D eigenvalue weighted by molar-refractivity contribution is 5.95. The van der Waals surface area contributed by atoms with Crippen molar-refractivity contribution < 1.29 is 13.7 Å². The molecule has 1 aromatic heterocycles. The molecule has 0 bridgehead atoms. The number of hydrogen-bond acceptors (Lipinski definition) is 3. The van der Waals surface area contributed by atoms with Crippen molar-refractivity contribution in [1.82, 2.24) is 10.1 Å². The molecule has 3 rings (SSSR count). The Hall–Kier alpha value is -2.17.